The summed E-state index contributed by atoms with van der Waals surface area (Å²) in [7, 11) is 0. The normalized spacial score (nSPS) is 10.9. The van der Waals surface area contributed by atoms with Crippen molar-refractivity contribution in [2.24, 2.45) is 0 Å². The molecule has 1 aromatic rings. The second kappa shape index (κ2) is 19.8. The van der Waals surface area contributed by atoms with Gasteiger partial charge in [-0.05, 0) is 30.5 Å². The molecule has 0 aliphatic rings. The number of phenols is 2. The lowest BCUT2D eigenvalue weighted by molar-refractivity contribution is 0.241. The standard InChI is InChI=1S/C27H48N2O3/c1-2-3-4-5-6-7-8-9-10-11-12-13-14-15-16-17-21-28-27(32)29-22-20-24-18-19-25(30)26(31)23-24/h18-19,23,30-31H,2-17,20-22H2,1H3,(H2,28,29,32). The molecule has 0 atom stereocenters. The molecule has 0 radical (unpaired) electrons. The van der Waals surface area contributed by atoms with Crippen molar-refractivity contribution in [2.45, 2.75) is 116 Å². The summed E-state index contributed by atoms with van der Waals surface area (Å²) in [6.07, 6.45) is 22.2. The number of carbonyl (C=O) groups is 1. The number of hydrogen-bond acceptors (Lipinski definition) is 3. The Morgan fingerprint density at radius 2 is 1.12 bits per heavy atom. The minimum absolute atomic E-state index is 0.127. The smallest absolute Gasteiger partial charge is 0.314 e. The van der Waals surface area contributed by atoms with Gasteiger partial charge in [-0.3, -0.25) is 0 Å². The molecule has 0 saturated carbocycles. The maximum Gasteiger partial charge on any atom is 0.314 e. The van der Waals surface area contributed by atoms with Crippen LogP contribution in [0.3, 0.4) is 0 Å². The summed E-state index contributed by atoms with van der Waals surface area (Å²) in [5.74, 6) is -0.256. The number of aromatic hydroxyl groups is 2. The minimum atomic E-state index is -0.144. The SMILES string of the molecule is CCCCCCCCCCCCCCCCCCNC(=O)NCCc1ccc(O)c(O)c1. The summed E-state index contributed by atoms with van der Waals surface area (Å²) in [5.41, 5.74) is 0.874. The number of rotatable bonds is 20. The topological polar surface area (TPSA) is 81.6 Å². The summed E-state index contributed by atoms with van der Waals surface area (Å²) in [6.45, 7) is 3.48. The third-order valence-corrected chi connectivity index (χ3v) is 6.05. The molecule has 4 N–H and O–H groups in total. The van der Waals surface area contributed by atoms with Crippen molar-refractivity contribution in [1.82, 2.24) is 10.6 Å². The van der Waals surface area contributed by atoms with E-state index < -0.39 is 0 Å². The summed E-state index contributed by atoms with van der Waals surface area (Å²) < 4.78 is 0. The van der Waals surface area contributed by atoms with Crippen LogP contribution >= 0.6 is 0 Å². The molecule has 5 nitrogen and oxygen atoms in total. The fraction of sp³-hybridized carbons (Fsp3) is 0.741. The molecule has 0 unspecified atom stereocenters. The molecule has 32 heavy (non-hydrogen) atoms. The van der Waals surface area contributed by atoms with E-state index in [-0.39, 0.29) is 17.5 Å². The van der Waals surface area contributed by atoms with Gasteiger partial charge in [-0.2, -0.15) is 0 Å². The zero-order valence-electron chi connectivity index (χ0n) is 20.5. The van der Waals surface area contributed by atoms with Gasteiger partial charge in [0, 0.05) is 13.1 Å². The van der Waals surface area contributed by atoms with E-state index in [1.807, 2.05) is 0 Å². The van der Waals surface area contributed by atoms with Crippen molar-refractivity contribution >= 4 is 6.03 Å². The molecular formula is C27H48N2O3. The fourth-order valence-electron chi connectivity index (χ4n) is 3.98. The highest BCUT2D eigenvalue weighted by molar-refractivity contribution is 5.73. The average Bonchev–Trinajstić information content (AvgIpc) is 2.78. The lowest BCUT2D eigenvalue weighted by atomic mass is 10.0. The molecule has 184 valence electrons. The molecule has 2 amide bonds. The summed E-state index contributed by atoms with van der Waals surface area (Å²) >= 11 is 0. The van der Waals surface area contributed by atoms with E-state index in [0.29, 0.717) is 19.5 Å². The first-order valence-electron chi connectivity index (χ1n) is 13.2. The van der Waals surface area contributed by atoms with Crippen LogP contribution in [0.4, 0.5) is 4.79 Å². The highest BCUT2D eigenvalue weighted by Crippen LogP contribution is 2.24. The molecular weight excluding hydrogens is 400 g/mol. The molecule has 5 heteroatoms. The van der Waals surface area contributed by atoms with Crippen LogP contribution in [0.1, 0.15) is 115 Å². The van der Waals surface area contributed by atoms with Crippen molar-refractivity contribution in [2.75, 3.05) is 13.1 Å². The predicted molar refractivity (Wildman–Crippen MR) is 134 cm³/mol. The summed E-state index contributed by atoms with van der Waals surface area (Å²) in [6, 6.07) is 4.58. The predicted octanol–water partition coefficient (Wildman–Crippen LogP) is 7.20. The number of unbranched alkanes of at least 4 members (excludes halogenated alkanes) is 15. The zero-order chi connectivity index (χ0) is 23.3. The monoisotopic (exact) mass is 448 g/mol. The third kappa shape index (κ3) is 15.8. The van der Waals surface area contributed by atoms with Crippen LogP contribution in [0.15, 0.2) is 18.2 Å². The van der Waals surface area contributed by atoms with Crippen molar-refractivity contribution in [3.8, 4) is 11.5 Å². The van der Waals surface area contributed by atoms with Gasteiger partial charge in [0.2, 0.25) is 0 Å². The highest BCUT2D eigenvalue weighted by atomic mass is 16.3. The van der Waals surface area contributed by atoms with Gasteiger partial charge in [0.05, 0.1) is 0 Å². The molecule has 0 aliphatic heterocycles. The molecule has 0 saturated heterocycles. The fourth-order valence-corrected chi connectivity index (χ4v) is 3.98. The van der Waals surface area contributed by atoms with Crippen LogP contribution in [0.2, 0.25) is 0 Å². The molecule has 0 aromatic heterocycles. The number of nitrogens with one attached hydrogen (secondary N) is 2. The molecule has 0 fully saturated rings. The first kappa shape index (κ1) is 28.1. The molecule has 0 aliphatic carbocycles. The van der Waals surface area contributed by atoms with Crippen LogP contribution < -0.4 is 10.6 Å². The zero-order valence-corrected chi connectivity index (χ0v) is 20.5. The van der Waals surface area contributed by atoms with Crippen molar-refractivity contribution in [1.29, 1.82) is 0 Å². The van der Waals surface area contributed by atoms with Gasteiger partial charge in [-0.1, -0.05) is 109 Å². The third-order valence-electron chi connectivity index (χ3n) is 6.05. The van der Waals surface area contributed by atoms with Gasteiger partial charge in [-0.15, -0.1) is 0 Å². The Morgan fingerprint density at radius 1 is 0.656 bits per heavy atom. The van der Waals surface area contributed by atoms with Crippen LogP contribution in [0.5, 0.6) is 11.5 Å². The second-order valence-corrected chi connectivity index (χ2v) is 9.06. The Labute approximate surface area is 196 Å². The molecule has 0 bridgehead atoms. The molecule has 0 spiro atoms. The first-order chi connectivity index (χ1) is 15.6. The first-order valence-corrected chi connectivity index (χ1v) is 13.2. The number of urea groups is 1. The van der Waals surface area contributed by atoms with Gasteiger partial charge in [0.25, 0.3) is 0 Å². The van der Waals surface area contributed by atoms with Crippen LogP contribution in [0.25, 0.3) is 0 Å². The van der Waals surface area contributed by atoms with Gasteiger partial charge >= 0.3 is 6.03 Å². The quantitative estimate of drug-likeness (QED) is 0.126. The van der Waals surface area contributed by atoms with E-state index in [9.17, 15) is 15.0 Å². The van der Waals surface area contributed by atoms with Gasteiger partial charge in [-0.25, -0.2) is 4.79 Å². The van der Waals surface area contributed by atoms with E-state index >= 15 is 0 Å². The van der Waals surface area contributed by atoms with E-state index in [1.165, 1.54) is 108 Å². The van der Waals surface area contributed by atoms with Gasteiger partial charge < -0.3 is 20.8 Å². The van der Waals surface area contributed by atoms with Crippen LogP contribution in [-0.2, 0) is 6.42 Å². The molecule has 0 heterocycles. The van der Waals surface area contributed by atoms with Crippen molar-refractivity contribution in [3.05, 3.63) is 23.8 Å². The number of hydrogen-bond donors (Lipinski definition) is 4. The summed E-state index contributed by atoms with van der Waals surface area (Å²) in [5, 5.41) is 24.5. The van der Waals surface area contributed by atoms with E-state index in [1.54, 1.807) is 6.07 Å². The van der Waals surface area contributed by atoms with Crippen molar-refractivity contribution in [3.63, 3.8) is 0 Å². The maximum atomic E-state index is 11.8. The number of carbonyl (C=O) groups excluding carboxylic acids is 1. The number of phenolic OH excluding ortho intramolecular Hbond substituents is 2. The van der Waals surface area contributed by atoms with E-state index in [4.69, 9.17) is 0 Å². The van der Waals surface area contributed by atoms with Crippen molar-refractivity contribution < 1.29 is 15.0 Å². The Bertz CT molecular complexity index is 592. The second-order valence-electron chi connectivity index (χ2n) is 9.06. The van der Waals surface area contributed by atoms with Gasteiger partial charge in [0.15, 0.2) is 11.5 Å². The van der Waals surface area contributed by atoms with Crippen LogP contribution in [-0.4, -0.2) is 29.3 Å². The Kier molecular flexibility index (Phi) is 17.4. The van der Waals surface area contributed by atoms with E-state index in [2.05, 4.69) is 17.6 Å². The largest absolute Gasteiger partial charge is 0.504 e. The molecule has 1 rings (SSSR count). The Balaban J connectivity index is 1.80. The Hall–Kier alpha value is -1.91. The van der Waals surface area contributed by atoms with Crippen LogP contribution in [0, 0.1) is 0 Å². The lowest BCUT2D eigenvalue weighted by Gasteiger charge is -2.08. The number of benzene rings is 1. The van der Waals surface area contributed by atoms with Gasteiger partial charge in [0.1, 0.15) is 0 Å². The number of amides is 2. The Morgan fingerprint density at radius 3 is 1.62 bits per heavy atom. The minimum Gasteiger partial charge on any atom is -0.504 e. The maximum absolute atomic E-state index is 11.8. The highest BCUT2D eigenvalue weighted by Gasteiger charge is 2.03. The summed E-state index contributed by atoms with van der Waals surface area (Å²) in [4.78, 5) is 11.8. The van der Waals surface area contributed by atoms with E-state index in [0.717, 1.165) is 12.0 Å². The molecule has 1 aromatic carbocycles. The lowest BCUT2D eigenvalue weighted by Crippen LogP contribution is -2.37. The average molecular weight is 449 g/mol.